The third-order valence-corrected chi connectivity index (χ3v) is 3.78. The fourth-order valence-electron chi connectivity index (χ4n) is 2.46. The van der Waals surface area contributed by atoms with Crippen molar-refractivity contribution in [3.05, 3.63) is 66.0 Å². The molecule has 26 heavy (non-hydrogen) atoms. The van der Waals surface area contributed by atoms with E-state index in [1.807, 2.05) is 63.5 Å². The largest absolute Gasteiger partial charge is 0.378 e. The van der Waals surface area contributed by atoms with Crippen molar-refractivity contribution >= 4 is 28.7 Å². The molecule has 0 aliphatic carbocycles. The van der Waals surface area contributed by atoms with Crippen LogP contribution in [-0.2, 0) is 0 Å². The number of nitriles is 1. The fourth-order valence-corrected chi connectivity index (χ4v) is 2.46. The zero-order chi connectivity index (χ0) is 18.5. The normalized spacial score (nSPS) is 10.1. The van der Waals surface area contributed by atoms with E-state index in [4.69, 9.17) is 5.26 Å². The van der Waals surface area contributed by atoms with Gasteiger partial charge in [0.2, 0.25) is 0 Å². The number of hydrogen-bond donors (Lipinski definition) is 2. The molecule has 0 unspecified atom stereocenters. The molecule has 0 saturated carbocycles. The molecule has 0 amide bonds. The average molecular weight is 344 g/mol. The maximum atomic E-state index is 8.88. The van der Waals surface area contributed by atoms with Crippen molar-refractivity contribution in [1.82, 2.24) is 9.97 Å². The zero-order valence-corrected chi connectivity index (χ0v) is 15.0. The van der Waals surface area contributed by atoms with Gasteiger partial charge in [0.25, 0.3) is 0 Å². The highest BCUT2D eigenvalue weighted by Crippen LogP contribution is 2.22. The van der Waals surface area contributed by atoms with Crippen LogP contribution >= 0.6 is 0 Å². The Balaban J connectivity index is 1.77. The van der Waals surface area contributed by atoms with E-state index in [2.05, 4.69) is 31.6 Å². The minimum Gasteiger partial charge on any atom is -0.378 e. The number of anilines is 5. The molecule has 0 saturated heterocycles. The molecule has 0 fully saturated rings. The lowest BCUT2D eigenvalue weighted by atomic mass is 10.2. The molecule has 0 aliphatic heterocycles. The predicted octanol–water partition coefficient (Wildman–Crippen LogP) is 4.21. The van der Waals surface area contributed by atoms with E-state index in [0.717, 1.165) is 17.1 Å². The molecule has 2 N–H and O–H groups in total. The van der Waals surface area contributed by atoms with Crippen molar-refractivity contribution in [1.29, 1.82) is 5.26 Å². The second-order valence-corrected chi connectivity index (χ2v) is 6.07. The lowest BCUT2D eigenvalue weighted by molar-refractivity contribution is 1.06. The Morgan fingerprint density at radius 1 is 0.846 bits per heavy atom. The smallest absolute Gasteiger partial charge is 0.136 e. The maximum Gasteiger partial charge on any atom is 0.136 e. The second kappa shape index (κ2) is 7.53. The highest BCUT2D eigenvalue weighted by Gasteiger charge is 2.04. The molecule has 0 aliphatic rings. The minimum absolute atomic E-state index is 0.623. The van der Waals surface area contributed by atoms with E-state index in [1.165, 1.54) is 0 Å². The molecule has 1 heterocycles. The zero-order valence-electron chi connectivity index (χ0n) is 15.0. The number of benzene rings is 2. The van der Waals surface area contributed by atoms with Gasteiger partial charge >= 0.3 is 0 Å². The Bertz CT molecular complexity index is 924. The van der Waals surface area contributed by atoms with E-state index in [1.54, 1.807) is 12.1 Å². The summed E-state index contributed by atoms with van der Waals surface area (Å²) in [7, 11) is 4.02. The van der Waals surface area contributed by atoms with Crippen molar-refractivity contribution in [3.63, 3.8) is 0 Å². The summed E-state index contributed by atoms with van der Waals surface area (Å²) in [4.78, 5) is 10.9. The molecule has 130 valence electrons. The first kappa shape index (κ1) is 17.2. The Labute approximate surface area is 153 Å². The summed E-state index contributed by atoms with van der Waals surface area (Å²) in [5, 5.41) is 15.4. The maximum absolute atomic E-state index is 8.88. The van der Waals surface area contributed by atoms with Gasteiger partial charge in [0.05, 0.1) is 11.6 Å². The van der Waals surface area contributed by atoms with Crippen molar-refractivity contribution in [2.24, 2.45) is 0 Å². The van der Waals surface area contributed by atoms with Crippen molar-refractivity contribution in [2.75, 3.05) is 29.6 Å². The van der Waals surface area contributed by atoms with Gasteiger partial charge < -0.3 is 15.5 Å². The SMILES string of the molecule is Cc1nc(Nc2ccc(C#N)cc2)cc(Nc2ccc(N(C)C)cc2)n1. The summed E-state index contributed by atoms with van der Waals surface area (Å²) in [5.41, 5.74) is 3.58. The summed E-state index contributed by atoms with van der Waals surface area (Å²) >= 11 is 0. The summed E-state index contributed by atoms with van der Waals surface area (Å²) in [6, 6.07) is 19.3. The van der Waals surface area contributed by atoms with Crippen LogP contribution in [0.3, 0.4) is 0 Å². The van der Waals surface area contributed by atoms with Gasteiger partial charge in [-0.3, -0.25) is 0 Å². The van der Waals surface area contributed by atoms with E-state index in [0.29, 0.717) is 23.0 Å². The first-order valence-corrected chi connectivity index (χ1v) is 8.21. The fraction of sp³-hybridized carbons (Fsp3) is 0.150. The third kappa shape index (κ3) is 4.28. The van der Waals surface area contributed by atoms with Gasteiger partial charge in [-0.1, -0.05) is 0 Å². The molecule has 3 rings (SSSR count). The molecule has 0 atom stereocenters. The van der Waals surface area contributed by atoms with Gasteiger partial charge in [0.15, 0.2) is 0 Å². The van der Waals surface area contributed by atoms with Crippen LogP contribution in [-0.4, -0.2) is 24.1 Å². The number of aryl methyl sites for hydroxylation is 1. The molecule has 0 bridgehead atoms. The van der Waals surface area contributed by atoms with Crippen molar-refractivity contribution in [2.45, 2.75) is 6.92 Å². The molecular formula is C20H20N6. The van der Waals surface area contributed by atoms with E-state index < -0.39 is 0 Å². The topological polar surface area (TPSA) is 76.9 Å². The van der Waals surface area contributed by atoms with E-state index in [-0.39, 0.29) is 0 Å². The molecular weight excluding hydrogens is 324 g/mol. The number of nitrogens with one attached hydrogen (secondary N) is 2. The minimum atomic E-state index is 0.623. The van der Waals surface area contributed by atoms with Crippen LogP contribution in [0.1, 0.15) is 11.4 Å². The van der Waals surface area contributed by atoms with Crippen LogP contribution in [0.5, 0.6) is 0 Å². The lowest BCUT2D eigenvalue weighted by Gasteiger charge is -2.14. The molecule has 2 aromatic carbocycles. The van der Waals surface area contributed by atoms with Gasteiger partial charge in [0.1, 0.15) is 17.5 Å². The Hall–Kier alpha value is -3.59. The van der Waals surface area contributed by atoms with Crippen LogP contribution in [0, 0.1) is 18.3 Å². The first-order valence-electron chi connectivity index (χ1n) is 8.21. The number of hydrogen-bond acceptors (Lipinski definition) is 6. The molecule has 0 spiro atoms. The van der Waals surface area contributed by atoms with Gasteiger partial charge in [-0.15, -0.1) is 0 Å². The molecule has 6 heteroatoms. The van der Waals surface area contributed by atoms with Gasteiger partial charge in [-0.2, -0.15) is 5.26 Å². The predicted molar refractivity (Wildman–Crippen MR) is 105 cm³/mol. The summed E-state index contributed by atoms with van der Waals surface area (Å²) in [5.74, 6) is 2.07. The highest BCUT2D eigenvalue weighted by molar-refractivity contribution is 5.65. The molecule has 1 aromatic heterocycles. The van der Waals surface area contributed by atoms with Crippen LogP contribution in [0.4, 0.5) is 28.7 Å². The van der Waals surface area contributed by atoms with E-state index >= 15 is 0 Å². The van der Waals surface area contributed by atoms with Crippen molar-refractivity contribution in [3.8, 4) is 6.07 Å². The third-order valence-electron chi connectivity index (χ3n) is 3.78. The van der Waals surface area contributed by atoms with Crippen molar-refractivity contribution < 1.29 is 0 Å². The quantitative estimate of drug-likeness (QED) is 0.722. The molecule has 3 aromatic rings. The highest BCUT2D eigenvalue weighted by atomic mass is 15.1. The number of aromatic nitrogens is 2. The van der Waals surface area contributed by atoms with Crippen LogP contribution < -0.4 is 15.5 Å². The molecule has 0 radical (unpaired) electrons. The summed E-state index contributed by atoms with van der Waals surface area (Å²) in [6.45, 7) is 1.85. The Morgan fingerprint density at radius 3 is 1.81 bits per heavy atom. The second-order valence-electron chi connectivity index (χ2n) is 6.07. The standard InChI is InChI=1S/C20H20N6/c1-14-22-19(24-16-6-4-15(13-21)5-7-16)12-20(23-14)25-17-8-10-18(11-9-17)26(2)3/h4-12H,1-3H3,(H2,22,23,24,25). The van der Waals surface area contributed by atoms with Gasteiger partial charge in [-0.25, -0.2) is 9.97 Å². The van der Waals surface area contributed by atoms with Crippen LogP contribution in [0.15, 0.2) is 54.6 Å². The van der Waals surface area contributed by atoms with Gasteiger partial charge in [0, 0.05) is 37.2 Å². The van der Waals surface area contributed by atoms with Gasteiger partial charge in [-0.05, 0) is 55.5 Å². The molecule has 6 nitrogen and oxygen atoms in total. The average Bonchev–Trinajstić information content (AvgIpc) is 2.62. The summed E-state index contributed by atoms with van der Waals surface area (Å²) < 4.78 is 0. The van der Waals surface area contributed by atoms with Crippen LogP contribution in [0.25, 0.3) is 0 Å². The monoisotopic (exact) mass is 344 g/mol. The van der Waals surface area contributed by atoms with E-state index in [9.17, 15) is 0 Å². The lowest BCUT2D eigenvalue weighted by Crippen LogP contribution is -2.08. The first-order chi connectivity index (χ1) is 12.5. The number of nitrogens with zero attached hydrogens (tertiary/aromatic N) is 4. The Kier molecular flexibility index (Phi) is 4.99. The Morgan fingerprint density at radius 2 is 1.35 bits per heavy atom. The summed E-state index contributed by atoms with van der Waals surface area (Å²) in [6.07, 6.45) is 0. The number of rotatable bonds is 5. The van der Waals surface area contributed by atoms with Crippen LogP contribution in [0.2, 0.25) is 0 Å².